The highest BCUT2D eigenvalue weighted by Crippen LogP contribution is 2.23. The molecule has 2 aromatic rings. The van der Waals surface area contributed by atoms with E-state index >= 15 is 0 Å². The Morgan fingerprint density at radius 3 is 2.00 bits per heavy atom. The third-order valence-electron chi connectivity index (χ3n) is 2.48. The number of hydrogen-bond acceptors (Lipinski definition) is 2. The Morgan fingerprint density at radius 1 is 1.06 bits per heavy atom. The van der Waals surface area contributed by atoms with Gasteiger partial charge in [0.15, 0.2) is 0 Å². The van der Waals surface area contributed by atoms with E-state index in [9.17, 15) is 9.50 Å². The van der Waals surface area contributed by atoms with E-state index in [2.05, 4.69) is 0 Å². The fraction of sp³-hybridized carbons (Fsp3) is 0.143. The second kappa shape index (κ2) is 4.97. The Kier molecular flexibility index (Phi) is 3.01. The van der Waals surface area contributed by atoms with Crippen LogP contribution < -0.4 is 4.74 Å². The third kappa shape index (κ3) is 2.63. The van der Waals surface area contributed by atoms with Crippen molar-refractivity contribution in [3.63, 3.8) is 0 Å². The first-order valence-corrected chi connectivity index (χ1v) is 5.17. The van der Waals surface area contributed by atoms with Crippen molar-refractivity contribution in [2.75, 3.05) is 7.11 Å². The van der Waals surface area contributed by atoms with Crippen molar-refractivity contribution in [3.05, 3.63) is 65.5 Å². The van der Waals surface area contributed by atoms with E-state index in [1.165, 1.54) is 24.3 Å². The summed E-state index contributed by atoms with van der Waals surface area (Å²) in [6, 6.07) is 11.8. The summed E-state index contributed by atoms with van der Waals surface area (Å²) in [6.07, 6.45) is -1.90. The lowest BCUT2D eigenvalue weighted by Gasteiger charge is -2.11. The summed E-state index contributed by atoms with van der Waals surface area (Å²) in [4.78, 5) is 0. The maximum absolute atomic E-state index is 12.8. The molecule has 88 valence electrons. The molecule has 0 aliphatic heterocycles. The zero-order valence-electron chi connectivity index (χ0n) is 10.4. The number of benzene rings is 2. The van der Waals surface area contributed by atoms with Crippen molar-refractivity contribution in [1.29, 1.82) is 0 Å². The van der Waals surface area contributed by atoms with Crippen LogP contribution in [0.4, 0.5) is 4.39 Å². The van der Waals surface area contributed by atoms with E-state index < -0.39 is 11.9 Å². The van der Waals surface area contributed by atoms with Gasteiger partial charge in [0.05, 0.1) is 8.48 Å². The maximum atomic E-state index is 12.8. The van der Waals surface area contributed by atoms with Crippen LogP contribution in [0.1, 0.15) is 18.6 Å². The summed E-state index contributed by atoms with van der Waals surface area (Å²) in [5.74, 6) is 0.248. The molecule has 2 rings (SSSR count). The first kappa shape index (κ1) is 10.3. The Balaban J connectivity index is 2.37. The van der Waals surface area contributed by atoms with Crippen LogP contribution in [-0.4, -0.2) is 12.2 Å². The van der Waals surface area contributed by atoms with Crippen LogP contribution >= 0.6 is 0 Å². The van der Waals surface area contributed by atoms with Gasteiger partial charge in [-0.15, -0.1) is 0 Å². The van der Waals surface area contributed by atoms with Crippen molar-refractivity contribution in [1.82, 2.24) is 0 Å². The van der Waals surface area contributed by atoms with Crippen molar-refractivity contribution >= 4 is 0 Å². The van der Waals surface area contributed by atoms with Crippen LogP contribution in [0.25, 0.3) is 0 Å². The van der Waals surface area contributed by atoms with Gasteiger partial charge < -0.3 is 9.84 Å². The lowest BCUT2D eigenvalue weighted by Crippen LogP contribution is -1.99. The molecule has 0 aromatic heterocycles. The predicted octanol–water partition coefficient (Wildman–Crippen LogP) is 2.92. The Bertz CT molecular complexity index is 520. The average molecular weight is 233 g/mol. The Morgan fingerprint density at radius 2 is 1.53 bits per heavy atom. The summed E-state index contributed by atoms with van der Waals surface area (Å²) in [6.45, 7) is 0. The first-order valence-electron chi connectivity index (χ1n) is 5.67. The molecular formula is C14H13FO2. The summed E-state index contributed by atoms with van der Waals surface area (Å²) in [5, 5.41) is 10.2. The highest BCUT2D eigenvalue weighted by Gasteiger charge is 2.10. The summed E-state index contributed by atoms with van der Waals surface area (Å²) in [5.41, 5.74) is 0.712. The van der Waals surface area contributed by atoms with Crippen LogP contribution in [-0.2, 0) is 0 Å². The van der Waals surface area contributed by atoms with Gasteiger partial charge in [0.1, 0.15) is 17.6 Å². The van der Waals surface area contributed by atoms with Gasteiger partial charge in [0.25, 0.3) is 0 Å². The molecule has 3 heteroatoms. The molecule has 0 aliphatic carbocycles. The largest absolute Gasteiger partial charge is 0.497 e. The molecular weight excluding hydrogens is 219 g/mol. The molecule has 2 nitrogen and oxygen atoms in total. The zero-order chi connectivity index (χ0) is 13.2. The molecule has 17 heavy (non-hydrogen) atoms. The Hall–Kier alpha value is -1.87. The fourth-order valence-corrected chi connectivity index (χ4v) is 1.52. The molecule has 0 bridgehead atoms. The van der Waals surface area contributed by atoms with E-state index in [-0.39, 0.29) is 0 Å². The lowest BCUT2D eigenvalue weighted by atomic mass is 10.0. The molecule has 1 unspecified atom stereocenters. The van der Waals surface area contributed by atoms with Gasteiger partial charge in [-0.1, -0.05) is 24.3 Å². The minimum atomic E-state index is -1.90. The maximum Gasteiger partial charge on any atom is 0.123 e. The van der Waals surface area contributed by atoms with Crippen molar-refractivity contribution in [2.45, 2.75) is 6.08 Å². The van der Waals surface area contributed by atoms with Gasteiger partial charge in [-0.05, 0) is 35.4 Å². The summed E-state index contributed by atoms with van der Waals surface area (Å²) < 4.78 is 25.8. The third-order valence-corrected chi connectivity index (χ3v) is 2.48. The van der Waals surface area contributed by atoms with E-state index in [1.54, 1.807) is 31.4 Å². The molecule has 2 aromatic carbocycles. The number of rotatable bonds is 3. The molecule has 0 saturated carbocycles. The zero-order valence-corrected chi connectivity index (χ0v) is 9.35. The molecule has 0 radical (unpaired) electrons. The predicted molar refractivity (Wildman–Crippen MR) is 63.5 cm³/mol. The topological polar surface area (TPSA) is 29.5 Å². The smallest absolute Gasteiger partial charge is 0.123 e. The monoisotopic (exact) mass is 233 g/mol. The highest BCUT2D eigenvalue weighted by molar-refractivity contribution is 5.34. The number of methoxy groups -OCH3 is 1. The molecule has 0 amide bonds. The normalized spacial score (nSPS) is 14.9. The molecule has 0 saturated heterocycles. The SMILES string of the molecule is [2H]C(O)(c1ccc(F)cc1)c1ccc(OC)cc1. The second-order valence-electron chi connectivity index (χ2n) is 3.58. The van der Waals surface area contributed by atoms with Crippen molar-refractivity contribution in [3.8, 4) is 5.75 Å². The van der Waals surface area contributed by atoms with Crippen LogP contribution in [0, 0.1) is 5.82 Å². The van der Waals surface area contributed by atoms with Gasteiger partial charge in [-0.3, -0.25) is 0 Å². The Labute approximate surface area is 101 Å². The molecule has 0 aliphatic rings. The summed E-state index contributed by atoms with van der Waals surface area (Å²) >= 11 is 0. The average Bonchev–Trinajstić information content (AvgIpc) is 2.39. The van der Waals surface area contributed by atoms with Gasteiger partial charge >= 0.3 is 0 Å². The number of ether oxygens (including phenoxy) is 1. The fourth-order valence-electron chi connectivity index (χ4n) is 1.52. The first-order chi connectivity index (χ1) is 8.54. The quantitative estimate of drug-likeness (QED) is 0.883. The van der Waals surface area contributed by atoms with E-state index in [0.29, 0.717) is 16.9 Å². The van der Waals surface area contributed by atoms with Crippen LogP contribution in [0.15, 0.2) is 48.5 Å². The molecule has 1 atom stereocenters. The van der Waals surface area contributed by atoms with Crippen LogP contribution in [0.2, 0.25) is 0 Å². The molecule has 0 heterocycles. The molecule has 0 fully saturated rings. The number of halogens is 1. The molecule has 0 spiro atoms. The lowest BCUT2D eigenvalue weighted by molar-refractivity contribution is 0.220. The van der Waals surface area contributed by atoms with Crippen LogP contribution in [0.3, 0.4) is 0 Å². The van der Waals surface area contributed by atoms with E-state index in [1.807, 2.05) is 0 Å². The van der Waals surface area contributed by atoms with Crippen LogP contribution in [0.5, 0.6) is 5.75 Å². The minimum absolute atomic E-state index is 0.314. The van der Waals surface area contributed by atoms with Crippen molar-refractivity contribution < 1.29 is 15.6 Å². The number of aliphatic hydroxyl groups is 1. The molecule has 1 N–H and O–H groups in total. The minimum Gasteiger partial charge on any atom is -0.497 e. The van der Waals surface area contributed by atoms with E-state index in [0.717, 1.165) is 0 Å². The summed E-state index contributed by atoms with van der Waals surface area (Å²) in [7, 11) is 1.54. The highest BCUT2D eigenvalue weighted by atomic mass is 19.1. The van der Waals surface area contributed by atoms with Crippen molar-refractivity contribution in [2.24, 2.45) is 0 Å². The van der Waals surface area contributed by atoms with Gasteiger partial charge in [0.2, 0.25) is 0 Å². The van der Waals surface area contributed by atoms with Gasteiger partial charge in [0, 0.05) is 0 Å². The second-order valence-corrected chi connectivity index (χ2v) is 3.58. The van der Waals surface area contributed by atoms with E-state index in [4.69, 9.17) is 6.11 Å². The standard InChI is InChI=1S/C14H13FO2/c1-17-13-8-4-11(5-9-13)14(16)10-2-6-12(15)7-3-10/h2-9,14,16H,1H3/i14D. The number of hydrogen-bond donors (Lipinski definition) is 1. The van der Waals surface area contributed by atoms with Gasteiger partial charge in [-0.2, -0.15) is 0 Å². The van der Waals surface area contributed by atoms with Gasteiger partial charge in [-0.25, -0.2) is 4.39 Å².